The second-order valence-corrected chi connectivity index (χ2v) is 7.32. The molecule has 3 aromatic rings. The Balaban J connectivity index is 1.72. The van der Waals surface area contributed by atoms with Crippen LogP contribution in [0.3, 0.4) is 0 Å². The lowest BCUT2D eigenvalue weighted by molar-refractivity contribution is -0.170. The summed E-state index contributed by atoms with van der Waals surface area (Å²) >= 11 is 0. The lowest BCUT2D eigenvalue weighted by atomic mass is 9.94. The Kier molecular flexibility index (Phi) is 5.69. The third-order valence-corrected chi connectivity index (χ3v) is 4.95. The molecule has 0 radical (unpaired) electrons. The minimum atomic E-state index is -1.81. The number of hydrogen-bond acceptors (Lipinski definition) is 4. The zero-order valence-corrected chi connectivity index (χ0v) is 16.9. The van der Waals surface area contributed by atoms with Crippen molar-refractivity contribution in [1.82, 2.24) is 0 Å². The molecule has 31 heavy (non-hydrogen) atoms. The fraction of sp³-hybridized carbons (Fsp3) is 0.115. The third-order valence-electron chi connectivity index (χ3n) is 4.95. The van der Waals surface area contributed by atoms with Crippen LogP contribution in [0.15, 0.2) is 90.5 Å². The number of benzene rings is 3. The first-order valence-corrected chi connectivity index (χ1v) is 9.84. The standard InChI is InChI=1S/C26H21FO4/c1-26(29)24(22(25(28)31-26)16-13-18-11-14-20(27)15-12-18)21-9-5-6-10-23(21)30-17-19-7-3-2-4-8-19/h2-16,29H,17H2,1H3/b16-13+. The van der Waals surface area contributed by atoms with E-state index in [-0.39, 0.29) is 11.4 Å². The third kappa shape index (κ3) is 4.57. The van der Waals surface area contributed by atoms with E-state index in [1.54, 1.807) is 42.5 Å². The molecule has 5 heteroatoms. The van der Waals surface area contributed by atoms with E-state index in [4.69, 9.17) is 9.47 Å². The number of aliphatic hydroxyl groups is 1. The molecule has 4 nitrogen and oxygen atoms in total. The van der Waals surface area contributed by atoms with Crippen molar-refractivity contribution in [3.63, 3.8) is 0 Å². The van der Waals surface area contributed by atoms with Gasteiger partial charge in [0.2, 0.25) is 5.79 Å². The van der Waals surface area contributed by atoms with Crippen molar-refractivity contribution < 1.29 is 23.8 Å². The van der Waals surface area contributed by atoms with E-state index in [1.165, 1.54) is 19.1 Å². The van der Waals surface area contributed by atoms with Crippen LogP contribution in [-0.4, -0.2) is 16.9 Å². The van der Waals surface area contributed by atoms with Crippen LogP contribution in [0.2, 0.25) is 0 Å². The summed E-state index contributed by atoms with van der Waals surface area (Å²) in [4.78, 5) is 12.5. The number of carbonyl (C=O) groups is 1. The van der Waals surface area contributed by atoms with E-state index in [0.29, 0.717) is 29.1 Å². The van der Waals surface area contributed by atoms with Crippen molar-refractivity contribution in [3.05, 3.63) is 113 Å². The van der Waals surface area contributed by atoms with Crippen molar-refractivity contribution in [2.24, 2.45) is 0 Å². The molecule has 1 aliphatic heterocycles. The van der Waals surface area contributed by atoms with Gasteiger partial charge < -0.3 is 14.6 Å². The zero-order valence-electron chi connectivity index (χ0n) is 16.9. The molecule has 1 heterocycles. The van der Waals surface area contributed by atoms with Gasteiger partial charge in [0.1, 0.15) is 18.2 Å². The zero-order chi connectivity index (χ0) is 21.8. The number of rotatable bonds is 6. The first kappa shape index (κ1) is 20.6. The monoisotopic (exact) mass is 416 g/mol. The number of carbonyl (C=O) groups excluding carboxylic acids is 1. The first-order chi connectivity index (χ1) is 14.9. The van der Waals surface area contributed by atoms with E-state index in [9.17, 15) is 14.3 Å². The van der Waals surface area contributed by atoms with Gasteiger partial charge in [-0.25, -0.2) is 9.18 Å². The Morgan fingerprint density at radius 3 is 2.39 bits per heavy atom. The predicted molar refractivity (Wildman–Crippen MR) is 116 cm³/mol. The SMILES string of the molecule is CC1(O)OC(=O)C(/C=C/c2ccc(F)cc2)=C1c1ccccc1OCc1ccccc1. The van der Waals surface area contributed by atoms with Crippen molar-refractivity contribution in [1.29, 1.82) is 0 Å². The largest absolute Gasteiger partial charge is 0.488 e. The second kappa shape index (κ2) is 8.58. The van der Waals surface area contributed by atoms with Crippen LogP contribution >= 0.6 is 0 Å². The van der Waals surface area contributed by atoms with Gasteiger partial charge >= 0.3 is 5.97 Å². The number of halogens is 1. The Labute approximate surface area is 179 Å². The predicted octanol–water partition coefficient (Wildman–Crippen LogP) is 5.14. The molecule has 1 N–H and O–H groups in total. The molecule has 0 bridgehead atoms. The van der Waals surface area contributed by atoms with Gasteiger partial charge in [0.15, 0.2) is 0 Å². The number of para-hydroxylation sites is 1. The Morgan fingerprint density at radius 2 is 1.65 bits per heavy atom. The maximum Gasteiger partial charge on any atom is 0.341 e. The minimum Gasteiger partial charge on any atom is -0.488 e. The Hall–Kier alpha value is -3.70. The van der Waals surface area contributed by atoms with Gasteiger partial charge in [0.05, 0.1) is 5.57 Å². The fourth-order valence-electron chi connectivity index (χ4n) is 3.47. The van der Waals surface area contributed by atoms with Crippen molar-refractivity contribution >= 4 is 17.6 Å². The highest BCUT2D eigenvalue weighted by Crippen LogP contribution is 2.42. The molecule has 0 aromatic heterocycles. The summed E-state index contributed by atoms with van der Waals surface area (Å²) in [6.07, 6.45) is 3.24. The highest BCUT2D eigenvalue weighted by Gasteiger charge is 2.43. The molecule has 0 fully saturated rings. The van der Waals surface area contributed by atoms with Crippen molar-refractivity contribution in [3.8, 4) is 5.75 Å². The topological polar surface area (TPSA) is 55.8 Å². The molecule has 0 aliphatic carbocycles. The van der Waals surface area contributed by atoms with Gasteiger partial charge in [-0.15, -0.1) is 0 Å². The first-order valence-electron chi connectivity index (χ1n) is 9.84. The summed E-state index contributed by atoms with van der Waals surface area (Å²) in [7, 11) is 0. The lowest BCUT2D eigenvalue weighted by Crippen LogP contribution is -2.26. The van der Waals surface area contributed by atoms with Crippen molar-refractivity contribution in [2.45, 2.75) is 19.3 Å². The van der Waals surface area contributed by atoms with Gasteiger partial charge in [0, 0.05) is 18.1 Å². The van der Waals surface area contributed by atoms with Crippen LogP contribution < -0.4 is 4.74 Å². The molecule has 156 valence electrons. The summed E-state index contributed by atoms with van der Waals surface area (Å²) in [6, 6.07) is 22.8. The lowest BCUT2D eigenvalue weighted by Gasteiger charge is -2.21. The van der Waals surface area contributed by atoms with Crippen LogP contribution in [-0.2, 0) is 16.1 Å². The normalized spacial score (nSPS) is 18.5. The van der Waals surface area contributed by atoms with Gasteiger partial charge in [0.25, 0.3) is 0 Å². The molecule has 4 rings (SSSR count). The molecular formula is C26H21FO4. The molecule has 1 aliphatic rings. The van der Waals surface area contributed by atoms with Crippen LogP contribution in [0.5, 0.6) is 5.75 Å². The number of cyclic esters (lactones) is 1. The van der Waals surface area contributed by atoms with E-state index < -0.39 is 11.8 Å². The fourth-order valence-corrected chi connectivity index (χ4v) is 3.47. The van der Waals surface area contributed by atoms with Crippen LogP contribution in [0.1, 0.15) is 23.6 Å². The molecule has 1 atom stereocenters. The maximum absolute atomic E-state index is 13.2. The highest BCUT2D eigenvalue weighted by atomic mass is 19.1. The average molecular weight is 416 g/mol. The molecule has 0 saturated carbocycles. The molecule has 0 spiro atoms. The van der Waals surface area contributed by atoms with Crippen LogP contribution in [0.4, 0.5) is 4.39 Å². The molecular weight excluding hydrogens is 395 g/mol. The number of ether oxygens (including phenoxy) is 2. The average Bonchev–Trinajstić information content (AvgIpc) is 3.00. The molecule has 0 amide bonds. The quantitative estimate of drug-likeness (QED) is 0.566. The number of hydrogen-bond donors (Lipinski definition) is 1. The van der Waals surface area contributed by atoms with Crippen molar-refractivity contribution in [2.75, 3.05) is 0 Å². The Bertz CT molecular complexity index is 1150. The van der Waals surface area contributed by atoms with E-state index in [1.807, 2.05) is 36.4 Å². The molecule has 1 unspecified atom stereocenters. The summed E-state index contributed by atoms with van der Waals surface area (Å²) in [5.41, 5.74) is 2.80. The maximum atomic E-state index is 13.2. The molecule has 0 saturated heterocycles. The number of esters is 1. The summed E-state index contributed by atoms with van der Waals surface area (Å²) < 4.78 is 24.4. The van der Waals surface area contributed by atoms with Gasteiger partial charge in [-0.1, -0.05) is 66.7 Å². The summed E-state index contributed by atoms with van der Waals surface area (Å²) in [5.74, 6) is -2.28. The van der Waals surface area contributed by atoms with Gasteiger partial charge in [-0.05, 0) is 35.4 Å². The van der Waals surface area contributed by atoms with E-state index in [0.717, 1.165) is 5.56 Å². The smallest absolute Gasteiger partial charge is 0.341 e. The van der Waals surface area contributed by atoms with Crippen LogP contribution in [0, 0.1) is 5.82 Å². The second-order valence-electron chi connectivity index (χ2n) is 7.32. The minimum absolute atomic E-state index is 0.213. The summed E-state index contributed by atoms with van der Waals surface area (Å²) in [6.45, 7) is 1.76. The molecule has 3 aromatic carbocycles. The van der Waals surface area contributed by atoms with Crippen LogP contribution in [0.25, 0.3) is 11.6 Å². The van der Waals surface area contributed by atoms with E-state index >= 15 is 0 Å². The van der Waals surface area contributed by atoms with Gasteiger partial charge in [-0.3, -0.25) is 0 Å². The summed E-state index contributed by atoms with van der Waals surface area (Å²) in [5, 5.41) is 10.9. The van der Waals surface area contributed by atoms with E-state index in [2.05, 4.69) is 0 Å². The highest BCUT2D eigenvalue weighted by molar-refractivity contribution is 6.07. The van der Waals surface area contributed by atoms with Gasteiger partial charge in [-0.2, -0.15) is 0 Å². The Morgan fingerprint density at radius 1 is 0.968 bits per heavy atom.